The molecule has 104 valence electrons. The number of aliphatic hydroxyl groups excluding tert-OH is 1. The summed E-state index contributed by atoms with van der Waals surface area (Å²) in [4.78, 5) is 0. The number of ether oxygens (including phenoxy) is 2. The van der Waals surface area contributed by atoms with E-state index >= 15 is 0 Å². The van der Waals surface area contributed by atoms with E-state index in [1.807, 2.05) is 24.3 Å². The Kier molecular flexibility index (Phi) is 3.56. The van der Waals surface area contributed by atoms with Crippen molar-refractivity contribution in [2.24, 2.45) is 0 Å². The molecule has 1 spiro atoms. The first-order valence-corrected chi connectivity index (χ1v) is 7.21. The van der Waals surface area contributed by atoms with Crippen LogP contribution in [0.1, 0.15) is 31.2 Å². The van der Waals surface area contributed by atoms with Gasteiger partial charge < -0.3 is 14.6 Å². The van der Waals surface area contributed by atoms with Crippen LogP contribution in [0.5, 0.6) is 0 Å². The Balaban J connectivity index is 1.80. The third-order valence-corrected chi connectivity index (χ3v) is 4.79. The van der Waals surface area contributed by atoms with Gasteiger partial charge in [0, 0.05) is 23.3 Å². The Labute approximate surface area is 118 Å². The largest absolute Gasteiger partial charge is 0.395 e. The second-order valence-corrected chi connectivity index (χ2v) is 5.99. The fourth-order valence-corrected chi connectivity index (χ4v) is 3.36. The standard InChI is InChI=1S/C15H19ClO3/c16-13-3-1-12(2-4-13)14(11-17)5-7-15(8-6-14)18-9-10-19-15/h1-4,17H,5-11H2. The molecule has 0 unspecified atom stereocenters. The summed E-state index contributed by atoms with van der Waals surface area (Å²) in [5.74, 6) is -0.384. The van der Waals surface area contributed by atoms with Gasteiger partial charge in [0.1, 0.15) is 0 Å². The highest BCUT2D eigenvalue weighted by Crippen LogP contribution is 2.46. The number of halogens is 1. The predicted molar refractivity (Wildman–Crippen MR) is 73.3 cm³/mol. The van der Waals surface area contributed by atoms with Crippen molar-refractivity contribution < 1.29 is 14.6 Å². The van der Waals surface area contributed by atoms with Gasteiger partial charge in [0.15, 0.2) is 5.79 Å². The van der Waals surface area contributed by atoms with E-state index in [2.05, 4.69) is 0 Å². The molecule has 1 aromatic rings. The Hall–Kier alpha value is -0.610. The molecule has 0 bridgehead atoms. The van der Waals surface area contributed by atoms with Crippen LogP contribution in [0.3, 0.4) is 0 Å². The Morgan fingerprint density at radius 1 is 1.00 bits per heavy atom. The summed E-state index contributed by atoms with van der Waals surface area (Å²) in [5, 5.41) is 10.6. The molecule has 1 aliphatic carbocycles. The van der Waals surface area contributed by atoms with Gasteiger partial charge in [-0.1, -0.05) is 23.7 Å². The first kappa shape index (κ1) is 13.4. The number of aliphatic hydroxyl groups is 1. The van der Waals surface area contributed by atoms with Crippen molar-refractivity contribution in [3.8, 4) is 0 Å². The summed E-state index contributed by atoms with van der Waals surface area (Å²) in [6, 6.07) is 7.82. The highest BCUT2D eigenvalue weighted by atomic mass is 35.5. The lowest BCUT2D eigenvalue weighted by atomic mass is 9.68. The van der Waals surface area contributed by atoms with E-state index in [1.165, 1.54) is 0 Å². The van der Waals surface area contributed by atoms with Gasteiger partial charge in [-0.25, -0.2) is 0 Å². The summed E-state index contributed by atoms with van der Waals surface area (Å²) in [6.45, 7) is 1.53. The van der Waals surface area contributed by atoms with Gasteiger partial charge in [0.2, 0.25) is 0 Å². The van der Waals surface area contributed by atoms with Crippen molar-refractivity contribution in [2.75, 3.05) is 19.8 Å². The van der Waals surface area contributed by atoms with Crippen molar-refractivity contribution in [1.82, 2.24) is 0 Å². The van der Waals surface area contributed by atoms with Gasteiger partial charge in [-0.2, -0.15) is 0 Å². The van der Waals surface area contributed by atoms with Crippen LogP contribution in [0.15, 0.2) is 24.3 Å². The van der Waals surface area contributed by atoms with Crippen molar-refractivity contribution in [2.45, 2.75) is 36.9 Å². The van der Waals surface area contributed by atoms with Gasteiger partial charge >= 0.3 is 0 Å². The van der Waals surface area contributed by atoms with E-state index in [1.54, 1.807) is 0 Å². The van der Waals surface area contributed by atoms with E-state index in [4.69, 9.17) is 21.1 Å². The van der Waals surface area contributed by atoms with Crippen LogP contribution in [0.2, 0.25) is 5.02 Å². The summed E-state index contributed by atoms with van der Waals surface area (Å²) >= 11 is 5.94. The molecule has 3 rings (SSSR count). The van der Waals surface area contributed by atoms with Crippen LogP contribution in [0.25, 0.3) is 0 Å². The number of hydrogen-bond acceptors (Lipinski definition) is 3. The van der Waals surface area contributed by atoms with E-state index in [-0.39, 0.29) is 17.8 Å². The number of benzene rings is 1. The molecule has 3 nitrogen and oxygen atoms in total. The molecule has 0 radical (unpaired) electrons. The van der Waals surface area contributed by atoms with Crippen LogP contribution < -0.4 is 0 Å². The van der Waals surface area contributed by atoms with Crippen LogP contribution in [0, 0.1) is 0 Å². The quantitative estimate of drug-likeness (QED) is 0.906. The first-order valence-electron chi connectivity index (χ1n) is 6.83. The maximum Gasteiger partial charge on any atom is 0.168 e. The van der Waals surface area contributed by atoms with Gasteiger partial charge in [-0.3, -0.25) is 0 Å². The maximum absolute atomic E-state index is 9.88. The van der Waals surface area contributed by atoms with Crippen LogP contribution >= 0.6 is 11.6 Å². The van der Waals surface area contributed by atoms with Gasteiger partial charge in [0.05, 0.1) is 19.8 Å². The molecule has 1 saturated heterocycles. The summed E-state index contributed by atoms with van der Waals surface area (Å²) in [5.41, 5.74) is 0.984. The van der Waals surface area contributed by atoms with E-state index in [0.29, 0.717) is 13.2 Å². The second kappa shape index (κ2) is 5.06. The lowest BCUT2D eigenvalue weighted by Crippen LogP contribution is -2.44. The summed E-state index contributed by atoms with van der Waals surface area (Å²) in [6.07, 6.45) is 3.45. The predicted octanol–water partition coefficient (Wildman–Crippen LogP) is 2.89. The molecule has 2 fully saturated rings. The van der Waals surface area contributed by atoms with Crippen molar-refractivity contribution in [3.05, 3.63) is 34.9 Å². The Morgan fingerprint density at radius 3 is 2.11 bits per heavy atom. The van der Waals surface area contributed by atoms with Gasteiger partial charge in [-0.05, 0) is 30.5 Å². The Bertz CT molecular complexity index is 427. The molecular formula is C15H19ClO3. The molecule has 1 saturated carbocycles. The smallest absolute Gasteiger partial charge is 0.168 e. The molecule has 1 heterocycles. The fraction of sp³-hybridized carbons (Fsp3) is 0.600. The number of rotatable bonds is 2. The zero-order valence-electron chi connectivity index (χ0n) is 10.9. The summed E-state index contributed by atoms with van der Waals surface area (Å²) < 4.78 is 11.5. The molecule has 4 heteroatoms. The third kappa shape index (κ3) is 2.40. The molecule has 2 aliphatic rings. The maximum atomic E-state index is 9.88. The molecule has 19 heavy (non-hydrogen) atoms. The monoisotopic (exact) mass is 282 g/mol. The molecule has 1 N–H and O–H groups in total. The lowest BCUT2D eigenvalue weighted by molar-refractivity contribution is -0.187. The average Bonchev–Trinajstić information content (AvgIpc) is 2.90. The lowest BCUT2D eigenvalue weighted by Gasteiger charge is -2.43. The second-order valence-electron chi connectivity index (χ2n) is 5.55. The van der Waals surface area contributed by atoms with Gasteiger partial charge in [0.25, 0.3) is 0 Å². The van der Waals surface area contributed by atoms with Crippen LogP contribution in [-0.2, 0) is 14.9 Å². The number of hydrogen-bond donors (Lipinski definition) is 1. The van der Waals surface area contributed by atoms with Crippen LogP contribution in [0.4, 0.5) is 0 Å². The van der Waals surface area contributed by atoms with Crippen LogP contribution in [-0.4, -0.2) is 30.7 Å². The minimum absolute atomic E-state index is 0.157. The molecule has 1 aromatic carbocycles. The normalized spacial score (nSPS) is 24.7. The SMILES string of the molecule is OCC1(c2ccc(Cl)cc2)CCC2(CC1)OCCO2. The minimum Gasteiger partial charge on any atom is -0.395 e. The van der Waals surface area contributed by atoms with E-state index in [9.17, 15) is 5.11 Å². The average molecular weight is 283 g/mol. The highest BCUT2D eigenvalue weighted by Gasteiger charge is 2.46. The fourth-order valence-electron chi connectivity index (χ4n) is 3.24. The first-order chi connectivity index (χ1) is 9.18. The molecule has 0 amide bonds. The topological polar surface area (TPSA) is 38.7 Å². The van der Waals surface area contributed by atoms with Crippen molar-refractivity contribution >= 4 is 11.6 Å². The molecular weight excluding hydrogens is 264 g/mol. The minimum atomic E-state index is -0.384. The van der Waals surface area contributed by atoms with E-state index in [0.717, 1.165) is 36.3 Å². The highest BCUT2D eigenvalue weighted by molar-refractivity contribution is 6.30. The summed E-state index contributed by atoms with van der Waals surface area (Å²) in [7, 11) is 0. The molecule has 1 aliphatic heterocycles. The zero-order valence-corrected chi connectivity index (χ0v) is 11.7. The molecule has 0 atom stereocenters. The Morgan fingerprint density at radius 2 is 1.58 bits per heavy atom. The third-order valence-electron chi connectivity index (χ3n) is 4.54. The van der Waals surface area contributed by atoms with Gasteiger partial charge in [-0.15, -0.1) is 0 Å². The van der Waals surface area contributed by atoms with E-state index < -0.39 is 0 Å². The van der Waals surface area contributed by atoms with Crippen molar-refractivity contribution in [3.63, 3.8) is 0 Å². The zero-order chi connectivity index (χ0) is 13.3. The van der Waals surface area contributed by atoms with Crippen molar-refractivity contribution in [1.29, 1.82) is 0 Å². The molecule has 0 aromatic heterocycles.